The fourth-order valence-corrected chi connectivity index (χ4v) is 3.18. The summed E-state index contributed by atoms with van der Waals surface area (Å²) in [7, 11) is 0. The van der Waals surface area contributed by atoms with Gasteiger partial charge in [0.15, 0.2) is 0 Å². The van der Waals surface area contributed by atoms with E-state index in [4.69, 9.17) is 15.2 Å². The van der Waals surface area contributed by atoms with Gasteiger partial charge in [-0.1, -0.05) is 6.92 Å². The minimum atomic E-state index is -4.71. The van der Waals surface area contributed by atoms with Crippen LogP contribution in [0.2, 0.25) is 0 Å². The van der Waals surface area contributed by atoms with E-state index in [2.05, 4.69) is 9.97 Å². The largest absolute Gasteiger partial charge is 0.451 e. The van der Waals surface area contributed by atoms with Gasteiger partial charge in [0.05, 0.1) is 23.9 Å². The molecule has 0 spiro atoms. The van der Waals surface area contributed by atoms with E-state index in [9.17, 15) is 18.0 Å². The number of carbonyl (C=O) groups excluding carboxylic acids is 1. The van der Waals surface area contributed by atoms with E-state index in [0.717, 1.165) is 6.20 Å². The Morgan fingerprint density at radius 2 is 2.00 bits per heavy atom. The minimum Gasteiger partial charge on any atom is -0.444 e. The Balaban J connectivity index is 2.50. The molecule has 0 saturated carbocycles. The van der Waals surface area contributed by atoms with Gasteiger partial charge in [-0.2, -0.15) is 13.2 Å². The molecule has 1 amide bonds. The van der Waals surface area contributed by atoms with Crippen LogP contribution in [0.1, 0.15) is 59.5 Å². The number of nitrogens with zero attached hydrogens (tertiary/aromatic N) is 3. The molecule has 1 aromatic heterocycles. The van der Waals surface area contributed by atoms with Crippen LogP contribution in [0.25, 0.3) is 0 Å². The van der Waals surface area contributed by atoms with Gasteiger partial charge in [0.2, 0.25) is 5.82 Å². The number of amides is 1. The molecular weight excluding hydrogens is 377 g/mol. The van der Waals surface area contributed by atoms with Gasteiger partial charge in [-0.15, -0.1) is 0 Å². The first kappa shape index (κ1) is 22.4. The molecule has 1 fully saturated rings. The third kappa shape index (κ3) is 4.38. The molecule has 1 saturated heterocycles. The van der Waals surface area contributed by atoms with Gasteiger partial charge >= 0.3 is 12.3 Å². The third-order valence-corrected chi connectivity index (χ3v) is 4.64. The van der Waals surface area contributed by atoms with Crippen molar-refractivity contribution in [3.8, 4) is 0 Å². The average Bonchev–Trinajstić information content (AvgIpc) is 2.87. The summed E-state index contributed by atoms with van der Waals surface area (Å²) in [5.74, 6) is -1.28. The highest BCUT2D eigenvalue weighted by Gasteiger charge is 2.54. The zero-order valence-electron chi connectivity index (χ0n) is 16.9. The average molecular weight is 404 g/mol. The smallest absolute Gasteiger partial charge is 0.444 e. The Hall–Kier alpha value is -1.94. The van der Waals surface area contributed by atoms with Crippen molar-refractivity contribution in [2.75, 3.05) is 6.61 Å². The number of hydrogen-bond donors (Lipinski definition) is 1. The number of rotatable bonds is 3. The molecule has 2 atom stereocenters. The monoisotopic (exact) mass is 404 g/mol. The highest BCUT2D eigenvalue weighted by molar-refractivity contribution is 5.70. The predicted octanol–water partition coefficient (Wildman–Crippen LogP) is 3.43. The van der Waals surface area contributed by atoms with Crippen molar-refractivity contribution in [3.63, 3.8) is 0 Å². The summed E-state index contributed by atoms with van der Waals surface area (Å²) in [6, 6.07) is 0.551. The number of alkyl halides is 3. The zero-order chi connectivity index (χ0) is 21.5. The summed E-state index contributed by atoms with van der Waals surface area (Å²) >= 11 is 0. The number of halogens is 3. The number of nitrogens with two attached hydrogens (primary N) is 1. The fraction of sp³-hybridized carbons (Fsp3) is 0.722. The van der Waals surface area contributed by atoms with Crippen molar-refractivity contribution in [2.45, 2.75) is 77.0 Å². The van der Waals surface area contributed by atoms with Crippen LogP contribution in [0.5, 0.6) is 0 Å². The normalized spacial score (nSPS) is 22.1. The predicted molar refractivity (Wildman–Crippen MR) is 95.1 cm³/mol. The lowest BCUT2D eigenvalue weighted by Crippen LogP contribution is -2.60. The Labute approximate surface area is 162 Å². The molecule has 0 aromatic carbocycles. The molecule has 10 heteroatoms. The van der Waals surface area contributed by atoms with Crippen molar-refractivity contribution in [3.05, 3.63) is 23.8 Å². The minimum absolute atomic E-state index is 0.0165. The van der Waals surface area contributed by atoms with Gasteiger partial charge in [-0.05, 0) is 47.1 Å². The second-order valence-corrected chi connectivity index (χ2v) is 8.28. The van der Waals surface area contributed by atoms with Gasteiger partial charge in [-0.25, -0.2) is 14.8 Å². The van der Waals surface area contributed by atoms with Gasteiger partial charge in [0.25, 0.3) is 0 Å². The highest BCUT2D eigenvalue weighted by atomic mass is 19.4. The first-order chi connectivity index (χ1) is 12.6. The third-order valence-electron chi connectivity index (χ3n) is 4.64. The van der Waals surface area contributed by atoms with Crippen LogP contribution < -0.4 is 5.73 Å². The van der Waals surface area contributed by atoms with Crippen LogP contribution in [0, 0.1) is 0 Å². The Bertz CT molecular complexity index is 734. The molecular formula is C18H27F3N4O3. The SMILES string of the molecule is CC[C@](N)(c1ccnc(C(F)(F)F)n1)[C@H]1COC(C)(C)N1C(=O)OC(C)(C)C. The molecule has 2 rings (SSSR count). The summed E-state index contributed by atoms with van der Waals surface area (Å²) < 4.78 is 50.5. The number of aromatic nitrogens is 2. The van der Waals surface area contributed by atoms with Crippen molar-refractivity contribution >= 4 is 6.09 Å². The highest BCUT2D eigenvalue weighted by Crippen LogP contribution is 2.39. The standard InChI is InChI=1S/C18H27F3N4O3/c1-7-17(22,11-8-9-23-13(24-11)18(19,20)21)12-10-27-16(5,6)25(12)14(26)28-15(2,3)4/h8-9,12H,7,10,22H2,1-6H3/t12-,17+/m1/s1. The molecule has 158 valence electrons. The number of ether oxygens (including phenoxy) is 2. The first-order valence-corrected chi connectivity index (χ1v) is 8.97. The Morgan fingerprint density at radius 1 is 1.39 bits per heavy atom. The summed E-state index contributed by atoms with van der Waals surface area (Å²) in [6.45, 7) is 10.3. The summed E-state index contributed by atoms with van der Waals surface area (Å²) in [5, 5.41) is 0. The molecule has 1 aromatic rings. The van der Waals surface area contributed by atoms with Gasteiger partial charge in [0.1, 0.15) is 11.3 Å². The van der Waals surface area contributed by atoms with Crippen molar-refractivity contribution < 1.29 is 27.4 Å². The van der Waals surface area contributed by atoms with Gasteiger partial charge in [-0.3, -0.25) is 4.90 Å². The Morgan fingerprint density at radius 3 is 2.50 bits per heavy atom. The zero-order valence-corrected chi connectivity index (χ0v) is 16.9. The lowest BCUT2D eigenvalue weighted by Gasteiger charge is -2.42. The van der Waals surface area contributed by atoms with E-state index in [1.165, 1.54) is 11.0 Å². The summed E-state index contributed by atoms with van der Waals surface area (Å²) in [4.78, 5) is 21.1. The number of hydrogen-bond acceptors (Lipinski definition) is 6. The van der Waals surface area contributed by atoms with Crippen LogP contribution in [-0.4, -0.2) is 44.9 Å². The topological polar surface area (TPSA) is 90.6 Å². The first-order valence-electron chi connectivity index (χ1n) is 8.97. The molecule has 0 aliphatic carbocycles. The maximum atomic E-state index is 13.1. The lowest BCUT2D eigenvalue weighted by atomic mass is 9.84. The van der Waals surface area contributed by atoms with Crippen LogP contribution in [0.4, 0.5) is 18.0 Å². The van der Waals surface area contributed by atoms with Crippen molar-refractivity contribution in [1.82, 2.24) is 14.9 Å². The van der Waals surface area contributed by atoms with E-state index in [1.54, 1.807) is 41.5 Å². The van der Waals surface area contributed by atoms with Crippen LogP contribution in [-0.2, 0) is 21.2 Å². The fourth-order valence-electron chi connectivity index (χ4n) is 3.18. The van der Waals surface area contributed by atoms with E-state index in [0.29, 0.717) is 0 Å². The second kappa shape index (κ2) is 7.14. The second-order valence-electron chi connectivity index (χ2n) is 8.28. The van der Waals surface area contributed by atoms with E-state index < -0.39 is 41.0 Å². The quantitative estimate of drug-likeness (QED) is 0.830. The molecule has 2 N–H and O–H groups in total. The van der Waals surface area contributed by atoms with Crippen molar-refractivity contribution in [2.24, 2.45) is 5.73 Å². The maximum Gasteiger partial charge on any atom is 0.451 e. The van der Waals surface area contributed by atoms with E-state index in [-0.39, 0.29) is 18.7 Å². The lowest BCUT2D eigenvalue weighted by molar-refractivity contribution is -0.145. The molecule has 7 nitrogen and oxygen atoms in total. The van der Waals surface area contributed by atoms with Crippen LogP contribution >= 0.6 is 0 Å². The molecule has 28 heavy (non-hydrogen) atoms. The van der Waals surface area contributed by atoms with Gasteiger partial charge in [0, 0.05) is 6.20 Å². The van der Waals surface area contributed by atoms with E-state index in [1.807, 2.05) is 0 Å². The number of carbonyl (C=O) groups is 1. The van der Waals surface area contributed by atoms with Crippen LogP contribution in [0.3, 0.4) is 0 Å². The molecule has 0 unspecified atom stereocenters. The molecule has 1 aliphatic heterocycles. The maximum absolute atomic E-state index is 13.1. The summed E-state index contributed by atoms with van der Waals surface area (Å²) in [5.41, 5.74) is 3.34. The molecule has 1 aliphatic rings. The van der Waals surface area contributed by atoms with Gasteiger partial charge < -0.3 is 15.2 Å². The van der Waals surface area contributed by atoms with Crippen molar-refractivity contribution in [1.29, 1.82) is 0 Å². The summed E-state index contributed by atoms with van der Waals surface area (Å²) in [6.07, 6.45) is -4.14. The molecule has 0 bridgehead atoms. The molecule has 0 radical (unpaired) electrons. The van der Waals surface area contributed by atoms with E-state index >= 15 is 0 Å². The van der Waals surface area contributed by atoms with Crippen LogP contribution in [0.15, 0.2) is 12.3 Å². The molecule has 2 heterocycles. The Kier molecular flexibility index (Phi) is 5.70.